The van der Waals surface area contributed by atoms with Crippen LogP contribution in [0.3, 0.4) is 0 Å². The molecule has 2 heteroatoms. The predicted octanol–water partition coefficient (Wildman–Crippen LogP) is 4.59. The van der Waals surface area contributed by atoms with E-state index < -0.39 is 0 Å². The largest absolute Gasteiger partial charge is 0.461 e. The normalized spacial score (nSPS) is 13.1. The molecule has 1 nitrogen and oxygen atoms in total. The Hall–Kier alpha value is -1.28. The van der Waals surface area contributed by atoms with Crippen LogP contribution in [0.1, 0.15) is 16.9 Å². The van der Waals surface area contributed by atoms with Crippen LogP contribution >= 0.6 is 15.9 Å². The van der Waals surface area contributed by atoms with E-state index in [1.54, 1.807) is 0 Å². The second kappa shape index (κ2) is 3.63. The molecule has 3 rings (SSSR count). The van der Waals surface area contributed by atoms with Crippen molar-refractivity contribution in [2.45, 2.75) is 13.3 Å². The topological polar surface area (TPSA) is 13.1 Å². The van der Waals surface area contributed by atoms with Gasteiger partial charge in [0.25, 0.3) is 0 Å². The molecule has 2 aromatic rings. The van der Waals surface area contributed by atoms with Crippen LogP contribution in [0.15, 0.2) is 39.2 Å². The highest BCUT2D eigenvalue weighted by Crippen LogP contribution is 2.36. The summed E-state index contributed by atoms with van der Waals surface area (Å²) in [7, 11) is 0. The van der Waals surface area contributed by atoms with Crippen molar-refractivity contribution in [2.24, 2.45) is 0 Å². The summed E-state index contributed by atoms with van der Waals surface area (Å²) in [5.41, 5.74) is 3.84. The summed E-state index contributed by atoms with van der Waals surface area (Å²) in [5.74, 6) is 1.92. The Morgan fingerprint density at radius 2 is 2.06 bits per heavy atom. The first-order valence-electron chi connectivity index (χ1n) is 5.30. The molecule has 0 saturated carbocycles. The molecule has 0 unspecified atom stereocenters. The van der Waals surface area contributed by atoms with Crippen LogP contribution in [0.25, 0.3) is 17.4 Å². The van der Waals surface area contributed by atoms with Gasteiger partial charge < -0.3 is 4.42 Å². The molecule has 80 valence electrons. The van der Waals surface area contributed by atoms with Gasteiger partial charge in [0.2, 0.25) is 0 Å². The molecule has 0 bridgehead atoms. The van der Waals surface area contributed by atoms with Crippen LogP contribution < -0.4 is 0 Å². The standard InChI is InChI=1S/C14H11BrO/c1-9-5-8-14(16-9)12-6-7-13(15)11-4-2-3-10(11)12/h2,4-8H,3H2,1H3. The maximum Gasteiger partial charge on any atom is 0.134 e. The third kappa shape index (κ3) is 1.45. The van der Waals surface area contributed by atoms with Crippen LogP contribution in [0.4, 0.5) is 0 Å². The Kier molecular flexibility index (Phi) is 2.25. The molecule has 0 fully saturated rings. The fourth-order valence-electron chi connectivity index (χ4n) is 2.14. The molecular weight excluding hydrogens is 264 g/mol. The molecule has 0 N–H and O–H groups in total. The first kappa shape index (κ1) is 9.91. The highest BCUT2D eigenvalue weighted by Gasteiger charge is 2.16. The molecule has 1 aromatic carbocycles. The Morgan fingerprint density at radius 3 is 2.81 bits per heavy atom. The van der Waals surface area contributed by atoms with Gasteiger partial charge in [-0.25, -0.2) is 0 Å². The van der Waals surface area contributed by atoms with Crippen molar-refractivity contribution in [3.05, 3.63) is 51.7 Å². The molecule has 0 aliphatic heterocycles. The maximum absolute atomic E-state index is 5.69. The lowest BCUT2D eigenvalue weighted by atomic mass is 10.0. The summed E-state index contributed by atoms with van der Waals surface area (Å²) >= 11 is 3.58. The number of aryl methyl sites for hydroxylation is 1. The minimum Gasteiger partial charge on any atom is -0.461 e. The zero-order valence-corrected chi connectivity index (χ0v) is 10.5. The number of halogens is 1. The van der Waals surface area contributed by atoms with Gasteiger partial charge in [-0.3, -0.25) is 0 Å². The molecule has 0 atom stereocenters. The van der Waals surface area contributed by atoms with E-state index in [2.05, 4.69) is 40.2 Å². The zero-order chi connectivity index (χ0) is 11.1. The van der Waals surface area contributed by atoms with Gasteiger partial charge in [-0.15, -0.1) is 0 Å². The molecule has 16 heavy (non-hydrogen) atoms. The van der Waals surface area contributed by atoms with Crippen LogP contribution in [0, 0.1) is 6.92 Å². The first-order chi connectivity index (χ1) is 7.75. The molecule has 0 amide bonds. The van der Waals surface area contributed by atoms with E-state index >= 15 is 0 Å². The monoisotopic (exact) mass is 274 g/mol. The maximum atomic E-state index is 5.69. The summed E-state index contributed by atoms with van der Waals surface area (Å²) < 4.78 is 6.85. The number of fused-ring (bicyclic) bond motifs is 1. The van der Waals surface area contributed by atoms with E-state index in [0.29, 0.717) is 0 Å². The van der Waals surface area contributed by atoms with E-state index in [4.69, 9.17) is 4.42 Å². The molecule has 0 saturated heterocycles. The number of benzene rings is 1. The zero-order valence-electron chi connectivity index (χ0n) is 8.96. The summed E-state index contributed by atoms with van der Waals surface area (Å²) in [6, 6.07) is 8.25. The van der Waals surface area contributed by atoms with E-state index in [1.165, 1.54) is 16.7 Å². The lowest BCUT2D eigenvalue weighted by Gasteiger charge is -2.07. The number of hydrogen-bond donors (Lipinski definition) is 0. The van der Waals surface area contributed by atoms with Gasteiger partial charge in [-0.05, 0) is 48.7 Å². The molecule has 1 aliphatic rings. The lowest BCUT2D eigenvalue weighted by molar-refractivity contribution is 0.548. The second-order valence-corrected chi connectivity index (χ2v) is 4.86. The van der Waals surface area contributed by atoms with E-state index in [0.717, 1.165) is 22.4 Å². The van der Waals surface area contributed by atoms with Crippen molar-refractivity contribution < 1.29 is 4.42 Å². The van der Waals surface area contributed by atoms with E-state index in [-0.39, 0.29) is 0 Å². The number of rotatable bonds is 1. The van der Waals surface area contributed by atoms with Crippen molar-refractivity contribution in [2.75, 3.05) is 0 Å². The van der Waals surface area contributed by atoms with Crippen molar-refractivity contribution >= 4 is 22.0 Å². The van der Waals surface area contributed by atoms with Gasteiger partial charge in [0, 0.05) is 10.0 Å². The number of furan rings is 1. The van der Waals surface area contributed by atoms with Gasteiger partial charge in [0.1, 0.15) is 11.5 Å². The smallest absolute Gasteiger partial charge is 0.134 e. The van der Waals surface area contributed by atoms with Gasteiger partial charge in [0.15, 0.2) is 0 Å². The molecule has 1 aromatic heterocycles. The average molecular weight is 275 g/mol. The summed E-state index contributed by atoms with van der Waals surface area (Å²) in [4.78, 5) is 0. The van der Waals surface area contributed by atoms with Gasteiger partial charge in [-0.2, -0.15) is 0 Å². The summed E-state index contributed by atoms with van der Waals surface area (Å²) in [6.45, 7) is 1.97. The molecule has 0 spiro atoms. The third-order valence-corrected chi connectivity index (χ3v) is 3.61. The lowest BCUT2D eigenvalue weighted by Crippen LogP contribution is -1.88. The van der Waals surface area contributed by atoms with E-state index in [1.807, 2.05) is 19.1 Å². The molecule has 1 aliphatic carbocycles. The minimum absolute atomic E-state index is 0.956. The molecule has 0 radical (unpaired) electrons. The van der Waals surface area contributed by atoms with Crippen LogP contribution in [0.2, 0.25) is 0 Å². The fraction of sp³-hybridized carbons (Fsp3) is 0.143. The molecular formula is C14H11BrO. The number of allylic oxidation sites excluding steroid dienone is 1. The summed E-state index contributed by atoms with van der Waals surface area (Å²) in [6.07, 6.45) is 5.34. The Balaban J connectivity index is 2.21. The number of hydrogen-bond acceptors (Lipinski definition) is 1. The SMILES string of the molecule is Cc1ccc(-c2ccc(Br)c3c2CC=C3)o1. The second-order valence-electron chi connectivity index (χ2n) is 4.00. The Morgan fingerprint density at radius 1 is 1.19 bits per heavy atom. The average Bonchev–Trinajstić information content (AvgIpc) is 2.87. The van der Waals surface area contributed by atoms with Crippen LogP contribution in [-0.2, 0) is 6.42 Å². The highest BCUT2D eigenvalue weighted by atomic mass is 79.9. The highest BCUT2D eigenvalue weighted by molar-refractivity contribution is 9.10. The van der Waals surface area contributed by atoms with Crippen molar-refractivity contribution in [3.8, 4) is 11.3 Å². The predicted molar refractivity (Wildman–Crippen MR) is 69.3 cm³/mol. The van der Waals surface area contributed by atoms with Crippen molar-refractivity contribution in [1.29, 1.82) is 0 Å². The minimum atomic E-state index is 0.956. The van der Waals surface area contributed by atoms with Crippen LogP contribution in [-0.4, -0.2) is 0 Å². The Labute approximate surface area is 103 Å². The van der Waals surface area contributed by atoms with Crippen molar-refractivity contribution in [3.63, 3.8) is 0 Å². The first-order valence-corrected chi connectivity index (χ1v) is 6.10. The molecule has 1 heterocycles. The van der Waals surface area contributed by atoms with Crippen LogP contribution in [0.5, 0.6) is 0 Å². The quantitative estimate of drug-likeness (QED) is 0.742. The van der Waals surface area contributed by atoms with Gasteiger partial charge in [0.05, 0.1) is 0 Å². The van der Waals surface area contributed by atoms with Gasteiger partial charge >= 0.3 is 0 Å². The fourth-order valence-corrected chi connectivity index (χ4v) is 2.64. The third-order valence-electron chi connectivity index (χ3n) is 2.92. The Bertz CT molecular complexity index is 578. The van der Waals surface area contributed by atoms with Crippen molar-refractivity contribution in [1.82, 2.24) is 0 Å². The van der Waals surface area contributed by atoms with Gasteiger partial charge in [-0.1, -0.05) is 28.1 Å². The van der Waals surface area contributed by atoms with E-state index in [9.17, 15) is 0 Å². The summed E-state index contributed by atoms with van der Waals surface area (Å²) in [5, 5.41) is 0.